The lowest BCUT2D eigenvalue weighted by atomic mass is 10.4. The molecule has 1 N–H and O–H groups in total. The van der Waals surface area contributed by atoms with E-state index in [-0.39, 0.29) is 11.7 Å². The Bertz CT molecular complexity index is 882. The van der Waals surface area contributed by atoms with Gasteiger partial charge in [0.05, 0.1) is 10.6 Å². The van der Waals surface area contributed by atoms with Gasteiger partial charge in [0.25, 0.3) is 5.91 Å². The van der Waals surface area contributed by atoms with Crippen LogP contribution in [0.3, 0.4) is 0 Å². The Labute approximate surface area is 153 Å². The molecule has 0 atom stereocenters. The van der Waals surface area contributed by atoms with Crippen molar-refractivity contribution in [1.29, 1.82) is 0 Å². The van der Waals surface area contributed by atoms with Crippen molar-refractivity contribution < 1.29 is 9.59 Å². The Morgan fingerprint density at radius 1 is 1.28 bits per heavy atom. The summed E-state index contributed by atoms with van der Waals surface area (Å²) in [5, 5.41) is 13.4. The lowest BCUT2D eigenvalue weighted by molar-refractivity contribution is -0.117. The molecule has 3 aromatic heterocycles. The van der Waals surface area contributed by atoms with Crippen LogP contribution < -0.4 is 5.32 Å². The summed E-state index contributed by atoms with van der Waals surface area (Å²) < 4.78 is 3.62. The van der Waals surface area contributed by atoms with E-state index in [1.165, 1.54) is 11.8 Å². The van der Waals surface area contributed by atoms with E-state index in [0.717, 1.165) is 10.7 Å². The Kier molecular flexibility index (Phi) is 5.34. The molecule has 2 amide bonds. The van der Waals surface area contributed by atoms with Crippen LogP contribution in [0.25, 0.3) is 10.7 Å². The molecule has 7 nitrogen and oxygen atoms in total. The molecular formula is C16H17N5O2S2. The molecule has 0 saturated heterocycles. The highest BCUT2D eigenvalue weighted by molar-refractivity contribution is 7.99. The van der Waals surface area contributed by atoms with Gasteiger partial charge in [0.15, 0.2) is 11.0 Å². The van der Waals surface area contributed by atoms with Gasteiger partial charge in [-0.25, -0.2) is 0 Å². The summed E-state index contributed by atoms with van der Waals surface area (Å²) >= 11 is 2.86. The van der Waals surface area contributed by atoms with E-state index in [1.54, 1.807) is 41.3 Å². The van der Waals surface area contributed by atoms with Crippen LogP contribution in [-0.2, 0) is 18.4 Å². The molecule has 0 fully saturated rings. The number of carbonyl (C=O) groups excluding carboxylic acids is 2. The fourth-order valence-corrected chi connectivity index (χ4v) is 3.84. The van der Waals surface area contributed by atoms with E-state index >= 15 is 0 Å². The SMILES string of the molecule is CCn1c(SCC(=O)NC(=O)c2cccn2C)nnc1-c1cccs1. The predicted octanol–water partition coefficient (Wildman–Crippen LogP) is 2.41. The minimum Gasteiger partial charge on any atom is -0.347 e. The maximum Gasteiger partial charge on any atom is 0.274 e. The highest BCUT2D eigenvalue weighted by atomic mass is 32.2. The van der Waals surface area contributed by atoms with Crippen molar-refractivity contribution in [3.63, 3.8) is 0 Å². The zero-order valence-electron chi connectivity index (χ0n) is 13.8. The normalized spacial score (nSPS) is 10.8. The molecule has 0 aromatic carbocycles. The van der Waals surface area contributed by atoms with Crippen molar-refractivity contribution in [2.24, 2.45) is 7.05 Å². The van der Waals surface area contributed by atoms with Crippen molar-refractivity contribution in [2.75, 3.05) is 5.75 Å². The summed E-state index contributed by atoms with van der Waals surface area (Å²) in [5.41, 5.74) is 0.440. The topological polar surface area (TPSA) is 81.8 Å². The quantitative estimate of drug-likeness (QED) is 0.669. The van der Waals surface area contributed by atoms with Gasteiger partial charge < -0.3 is 9.13 Å². The molecule has 0 aliphatic rings. The molecule has 3 rings (SSSR count). The second-order valence-corrected chi connectivity index (χ2v) is 7.09. The number of aromatic nitrogens is 4. The van der Waals surface area contributed by atoms with Gasteiger partial charge in [-0.15, -0.1) is 21.5 Å². The number of thiophene rings is 1. The molecule has 0 aliphatic carbocycles. The lowest BCUT2D eigenvalue weighted by Gasteiger charge is -2.07. The maximum absolute atomic E-state index is 12.1. The number of carbonyl (C=O) groups is 2. The molecule has 0 bridgehead atoms. The van der Waals surface area contributed by atoms with Gasteiger partial charge in [0, 0.05) is 19.8 Å². The molecule has 25 heavy (non-hydrogen) atoms. The Balaban J connectivity index is 1.63. The maximum atomic E-state index is 12.1. The van der Waals surface area contributed by atoms with Crippen LogP contribution >= 0.6 is 23.1 Å². The van der Waals surface area contributed by atoms with Crippen molar-refractivity contribution in [3.8, 4) is 10.7 Å². The Hall–Kier alpha value is -2.39. The van der Waals surface area contributed by atoms with E-state index in [9.17, 15) is 9.59 Å². The number of imide groups is 1. The summed E-state index contributed by atoms with van der Waals surface area (Å²) in [7, 11) is 1.75. The molecular weight excluding hydrogens is 358 g/mol. The smallest absolute Gasteiger partial charge is 0.274 e. The number of hydrogen-bond acceptors (Lipinski definition) is 6. The first kappa shape index (κ1) is 17.4. The fraction of sp³-hybridized carbons (Fsp3) is 0.250. The largest absolute Gasteiger partial charge is 0.347 e. The zero-order valence-corrected chi connectivity index (χ0v) is 15.4. The van der Waals surface area contributed by atoms with Gasteiger partial charge in [-0.05, 0) is 30.5 Å². The van der Waals surface area contributed by atoms with Gasteiger partial charge >= 0.3 is 0 Å². The zero-order chi connectivity index (χ0) is 17.8. The van der Waals surface area contributed by atoms with E-state index in [4.69, 9.17) is 0 Å². The van der Waals surface area contributed by atoms with Crippen LogP contribution in [0.5, 0.6) is 0 Å². The van der Waals surface area contributed by atoms with Crippen molar-refractivity contribution in [2.45, 2.75) is 18.6 Å². The number of rotatable bonds is 6. The second-order valence-electron chi connectivity index (χ2n) is 5.20. The summed E-state index contributed by atoms with van der Waals surface area (Å²) in [6, 6.07) is 7.37. The number of thioether (sulfide) groups is 1. The number of nitrogens with one attached hydrogen (secondary N) is 1. The predicted molar refractivity (Wildman–Crippen MR) is 97.6 cm³/mol. The highest BCUT2D eigenvalue weighted by Gasteiger charge is 2.17. The molecule has 0 unspecified atom stereocenters. The number of nitrogens with zero attached hydrogens (tertiary/aromatic N) is 4. The molecule has 0 radical (unpaired) electrons. The molecule has 3 aromatic rings. The van der Waals surface area contributed by atoms with Crippen LogP contribution in [0, 0.1) is 0 Å². The van der Waals surface area contributed by atoms with E-state index in [1.807, 2.05) is 29.0 Å². The minimum atomic E-state index is -0.408. The van der Waals surface area contributed by atoms with E-state index < -0.39 is 5.91 Å². The van der Waals surface area contributed by atoms with Gasteiger partial charge in [-0.1, -0.05) is 17.8 Å². The first-order chi connectivity index (χ1) is 12.1. The number of hydrogen-bond donors (Lipinski definition) is 1. The van der Waals surface area contributed by atoms with Crippen molar-refractivity contribution in [1.82, 2.24) is 24.6 Å². The molecule has 0 saturated carbocycles. The lowest BCUT2D eigenvalue weighted by Crippen LogP contribution is -2.33. The third-order valence-corrected chi connectivity index (χ3v) is 5.37. The van der Waals surface area contributed by atoms with Gasteiger partial charge in [-0.2, -0.15) is 0 Å². The third-order valence-electron chi connectivity index (χ3n) is 3.54. The monoisotopic (exact) mass is 375 g/mol. The van der Waals surface area contributed by atoms with Crippen LogP contribution in [-0.4, -0.2) is 36.9 Å². The van der Waals surface area contributed by atoms with E-state index in [0.29, 0.717) is 17.4 Å². The van der Waals surface area contributed by atoms with Gasteiger partial charge in [0.1, 0.15) is 5.69 Å². The molecule has 130 valence electrons. The highest BCUT2D eigenvalue weighted by Crippen LogP contribution is 2.26. The van der Waals surface area contributed by atoms with E-state index in [2.05, 4.69) is 15.5 Å². The van der Waals surface area contributed by atoms with Crippen LogP contribution in [0.15, 0.2) is 41.0 Å². The molecule has 0 spiro atoms. The third kappa shape index (κ3) is 3.83. The first-order valence-corrected chi connectivity index (χ1v) is 9.52. The number of amides is 2. The minimum absolute atomic E-state index is 0.0960. The van der Waals surface area contributed by atoms with Crippen molar-refractivity contribution in [3.05, 3.63) is 41.5 Å². The van der Waals surface area contributed by atoms with Gasteiger partial charge in [0.2, 0.25) is 5.91 Å². The summed E-state index contributed by atoms with van der Waals surface area (Å²) in [6.45, 7) is 2.70. The molecule has 0 aliphatic heterocycles. The number of aryl methyl sites for hydroxylation is 1. The first-order valence-electron chi connectivity index (χ1n) is 7.65. The fourth-order valence-electron chi connectivity index (χ4n) is 2.32. The molecule has 9 heteroatoms. The van der Waals surface area contributed by atoms with Crippen LogP contribution in [0.1, 0.15) is 17.4 Å². The Morgan fingerprint density at radius 2 is 2.12 bits per heavy atom. The van der Waals surface area contributed by atoms with Crippen LogP contribution in [0.4, 0.5) is 0 Å². The Morgan fingerprint density at radius 3 is 2.76 bits per heavy atom. The van der Waals surface area contributed by atoms with Crippen LogP contribution in [0.2, 0.25) is 0 Å². The summed E-state index contributed by atoms with van der Waals surface area (Å²) in [4.78, 5) is 25.1. The summed E-state index contributed by atoms with van der Waals surface area (Å²) in [6.07, 6.45) is 1.75. The average molecular weight is 375 g/mol. The average Bonchev–Trinajstić information content (AvgIpc) is 3.32. The summed E-state index contributed by atoms with van der Waals surface area (Å²) in [5.74, 6) is 0.118. The second kappa shape index (κ2) is 7.66. The molecule has 3 heterocycles. The van der Waals surface area contributed by atoms with Crippen molar-refractivity contribution >= 4 is 34.9 Å². The standard InChI is InChI=1S/C16H17N5O2S2/c1-3-21-14(12-7-5-9-24-12)18-19-16(21)25-10-13(22)17-15(23)11-6-4-8-20(11)2/h4-9H,3,10H2,1-2H3,(H,17,22,23). The van der Waals surface area contributed by atoms with Gasteiger partial charge in [-0.3, -0.25) is 14.9 Å².